The molecule has 0 saturated carbocycles. The fourth-order valence-corrected chi connectivity index (χ4v) is 4.15. The van der Waals surface area contributed by atoms with Crippen LogP contribution in [0.15, 0.2) is 29.2 Å². The monoisotopic (exact) mass is 451 g/mol. The van der Waals surface area contributed by atoms with Crippen molar-refractivity contribution in [3.8, 4) is 0 Å². The first-order valence-corrected chi connectivity index (χ1v) is 12.2. The molecule has 0 aromatic heterocycles. The lowest BCUT2D eigenvalue weighted by Crippen LogP contribution is -2.61. The van der Waals surface area contributed by atoms with Crippen LogP contribution in [0.3, 0.4) is 0 Å². The molecule has 0 atom stereocenters. The molecule has 0 bridgehead atoms. The Balaban J connectivity index is 2.79. The summed E-state index contributed by atoms with van der Waals surface area (Å²) in [6.45, 7) is 6.99. The summed E-state index contributed by atoms with van der Waals surface area (Å²) >= 11 is 1.84. The van der Waals surface area contributed by atoms with Crippen molar-refractivity contribution in [3.05, 3.63) is 29.8 Å². The highest BCUT2D eigenvalue weighted by molar-refractivity contribution is 7.99. The third kappa shape index (κ3) is 9.33. The van der Waals surface area contributed by atoms with Gasteiger partial charge < -0.3 is 14.8 Å². The Morgan fingerprint density at radius 3 is 2.00 bits per heavy atom. The molecule has 1 amide bonds. The van der Waals surface area contributed by atoms with E-state index < -0.39 is 23.4 Å². The number of nitrogens with one attached hydrogen (secondary N) is 1. The van der Waals surface area contributed by atoms with Gasteiger partial charge in [0.1, 0.15) is 0 Å². The highest BCUT2D eigenvalue weighted by atomic mass is 32.2. The minimum atomic E-state index is -1.84. The van der Waals surface area contributed by atoms with Gasteiger partial charge >= 0.3 is 11.9 Å². The van der Waals surface area contributed by atoms with Crippen molar-refractivity contribution < 1.29 is 23.9 Å². The van der Waals surface area contributed by atoms with E-state index in [1.165, 1.54) is 43.9 Å². The SMILES string of the molecule is CCCCCCCSc1ccc(CCC(NC(C)=O)(C(=O)OCC)C(=O)OCC)cc1. The van der Waals surface area contributed by atoms with Crippen LogP contribution in [0.5, 0.6) is 0 Å². The van der Waals surface area contributed by atoms with Crippen LogP contribution in [-0.4, -0.2) is 42.4 Å². The number of hydrogen-bond donors (Lipinski definition) is 1. The minimum absolute atomic E-state index is 0.0637. The summed E-state index contributed by atoms with van der Waals surface area (Å²) in [6, 6.07) is 8.10. The Morgan fingerprint density at radius 1 is 0.903 bits per heavy atom. The zero-order valence-corrected chi connectivity index (χ0v) is 20.1. The van der Waals surface area contributed by atoms with Gasteiger partial charge in [0.05, 0.1) is 13.2 Å². The molecule has 1 N–H and O–H groups in total. The van der Waals surface area contributed by atoms with Gasteiger partial charge in [-0.25, -0.2) is 9.59 Å². The second kappa shape index (κ2) is 14.9. The van der Waals surface area contributed by atoms with Gasteiger partial charge in [-0.2, -0.15) is 0 Å². The standard InChI is InChI=1S/C24H37NO5S/c1-5-8-9-10-11-18-31-21-14-12-20(13-15-21)16-17-24(25-19(4)26,22(27)29-6-2)23(28)30-7-3/h12-15H,5-11,16-18H2,1-4H3,(H,25,26). The normalized spacial score (nSPS) is 11.1. The molecule has 1 aromatic rings. The van der Waals surface area contributed by atoms with Crippen molar-refractivity contribution in [1.82, 2.24) is 5.32 Å². The van der Waals surface area contributed by atoms with Crippen LogP contribution in [0.1, 0.15) is 71.8 Å². The van der Waals surface area contributed by atoms with Gasteiger partial charge in [0.15, 0.2) is 0 Å². The lowest BCUT2D eigenvalue weighted by Gasteiger charge is -2.29. The molecule has 31 heavy (non-hydrogen) atoms. The van der Waals surface area contributed by atoms with Gasteiger partial charge in [0, 0.05) is 11.8 Å². The Kier molecular flexibility index (Phi) is 13.0. The first kappa shape index (κ1) is 27.0. The van der Waals surface area contributed by atoms with Crippen molar-refractivity contribution in [3.63, 3.8) is 0 Å². The number of amides is 1. The highest BCUT2D eigenvalue weighted by Gasteiger charge is 2.49. The molecule has 1 rings (SSSR count). The second-order valence-corrected chi connectivity index (χ2v) is 8.60. The van der Waals surface area contributed by atoms with E-state index in [2.05, 4.69) is 24.4 Å². The van der Waals surface area contributed by atoms with E-state index >= 15 is 0 Å². The molecule has 0 radical (unpaired) electrons. The van der Waals surface area contributed by atoms with Gasteiger partial charge in [0.25, 0.3) is 0 Å². The molecule has 7 heteroatoms. The maximum Gasteiger partial charge on any atom is 0.343 e. The van der Waals surface area contributed by atoms with Crippen molar-refractivity contribution in [2.45, 2.75) is 83.1 Å². The van der Waals surface area contributed by atoms with Gasteiger partial charge in [-0.05, 0) is 56.6 Å². The Hall–Kier alpha value is -2.02. The average molecular weight is 452 g/mol. The number of rotatable bonds is 15. The van der Waals surface area contributed by atoms with E-state index in [0.29, 0.717) is 6.42 Å². The number of benzene rings is 1. The van der Waals surface area contributed by atoms with E-state index in [9.17, 15) is 14.4 Å². The lowest BCUT2D eigenvalue weighted by atomic mass is 9.90. The third-order valence-corrected chi connectivity index (χ3v) is 5.96. The Labute approximate surface area is 190 Å². The maximum atomic E-state index is 12.7. The van der Waals surface area contributed by atoms with Gasteiger partial charge in [0.2, 0.25) is 11.4 Å². The molecule has 0 unspecified atom stereocenters. The molecule has 174 valence electrons. The molecule has 0 spiro atoms. The second-order valence-electron chi connectivity index (χ2n) is 7.43. The van der Waals surface area contributed by atoms with Gasteiger partial charge in [-0.3, -0.25) is 4.79 Å². The molecule has 0 aliphatic heterocycles. The average Bonchev–Trinajstić information content (AvgIpc) is 2.74. The van der Waals surface area contributed by atoms with Gasteiger partial charge in [-0.15, -0.1) is 11.8 Å². The minimum Gasteiger partial charge on any atom is -0.464 e. The zero-order chi connectivity index (χ0) is 23.1. The fourth-order valence-electron chi connectivity index (χ4n) is 3.24. The summed E-state index contributed by atoms with van der Waals surface area (Å²) in [7, 11) is 0. The number of ether oxygens (including phenoxy) is 2. The first-order chi connectivity index (χ1) is 14.9. The highest BCUT2D eigenvalue weighted by Crippen LogP contribution is 2.23. The molecule has 0 aliphatic rings. The first-order valence-electron chi connectivity index (χ1n) is 11.2. The van der Waals surface area contributed by atoms with Crippen LogP contribution in [0.4, 0.5) is 0 Å². The predicted octanol–water partition coefficient (Wildman–Crippen LogP) is 4.68. The van der Waals surface area contributed by atoms with E-state index in [4.69, 9.17) is 9.47 Å². The quantitative estimate of drug-likeness (QED) is 0.180. The number of unbranched alkanes of at least 4 members (excludes halogenated alkanes) is 4. The molecule has 0 heterocycles. The topological polar surface area (TPSA) is 81.7 Å². The largest absolute Gasteiger partial charge is 0.464 e. The third-order valence-electron chi connectivity index (χ3n) is 4.87. The summed E-state index contributed by atoms with van der Waals surface area (Å²) in [4.78, 5) is 38.3. The van der Waals surface area contributed by atoms with Crippen LogP contribution < -0.4 is 5.32 Å². The summed E-state index contributed by atoms with van der Waals surface area (Å²) in [5, 5.41) is 2.50. The Morgan fingerprint density at radius 2 is 1.48 bits per heavy atom. The molecule has 0 saturated heterocycles. The van der Waals surface area contributed by atoms with Crippen molar-refractivity contribution in [1.29, 1.82) is 0 Å². The molecular weight excluding hydrogens is 414 g/mol. The number of carbonyl (C=O) groups excluding carboxylic acids is 3. The number of aryl methyl sites for hydroxylation is 1. The summed E-state index contributed by atoms with van der Waals surface area (Å²) in [5.41, 5.74) is -0.875. The molecule has 1 aromatic carbocycles. The van der Waals surface area contributed by atoms with E-state index in [0.717, 1.165) is 11.3 Å². The van der Waals surface area contributed by atoms with Crippen LogP contribution in [-0.2, 0) is 30.3 Å². The number of carbonyl (C=O) groups is 3. The van der Waals surface area contributed by atoms with E-state index in [1.54, 1.807) is 13.8 Å². The van der Waals surface area contributed by atoms with Crippen molar-refractivity contribution in [2.75, 3.05) is 19.0 Å². The van der Waals surface area contributed by atoms with E-state index in [1.807, 2.05) is 23.9 Å². The number of hydrogen-bond acceptors (Lipinski definition) is 6. The van der Waals surface area contributed by atoms with Crippen LogP contribution in [0.2, 0.25) is 0 Å². The van der Waals surface area contributed by atoms with E-state index in [-0.39, 0.29) is 19.6 Å². The number of thioether (sulfide) groups is 1. The summed E-state index contributed by atoms with van der Waals surface area (Å²) in [5.74, 6) is -0.981. The maximum absolute atomic E-state index is 12.7. The van der Waals surface area contributed by atoms with Gasteiger partial charge in [-0.1, -0.05) is 44.7 Å². The Bertz CT molecular complexity index is 672. The molecule has 6 nitrogen and oxygen atoms in total. The van der Waals surface area contributed by atoms with Crippen LogP contribution >= 0.6 is 11.8 Å². The smallest absolute Gasteiger partial charge is 0.343 e. The molecule has 0 fully saturated rings. The van der Waals surface area contributed by atoms with Crippen molar-refractivity contribution in [2.24, 2.45) is 0 Å². The van der Waals surface area contributed by atoms with Crippen LogP contribution in [0.25, 0.3) is 0 Å². The van der Waals surface area contributed by atoms with Crippen molar-refractivity contribution >= 4 is 29.6 Å². The summed E-state index contributed by atoms with van der Waals surface area (Å²) < 4.78 is 10.2. The summed E-state index contributed by atoms with van der Waals surface area (Å²) in [6.07, 6.45) is 6.82. The lowest BCUT2D eigenvalue weighted by molar-refractivity contribution is -0.168. The number of esters is 2. The van der Waals surface area contributed by atoms with Crippen LogP contribution in [0, 0.1) is 0 Å². The zero-order valence-electron chi connectivity index (χ0n) is 19.3. The molecule has 0 aliphatic carbocycles. The fraction of sp³-hybridized carbons (Fsp3) is 0.625. The predicted molar refractivity (Wildman–Crippen MR) is 124 cm³/mol. The molecular formula is C24H37NO5S.